The molecule has 0 unspecified atom stereocenters. The number of carbonyl (C=O) groups is 4. The number of benzene rings is 3. The van der Waals surface area contributed by atoms with Crippen LogP contribution >= 0.6 is 34.8 Å². The highest BCUT2D eigenvalue weighted by molar-refractivity contribution is 6.33. The van der Waals surface area contributed by atoms with Crippen molar-refractivity contribution in [3.63, 3.8) is 0 Å². The minimum Gasteiger partial charge on any atom is -0.508 e. The van der Waals surface area contributed by atoms with Crippen LogP contribution in [-0.4, -0.2) is 38.7 Å². The van der Waals surface area contributed by atoms with Gasteiger partial charge in [0.1, 0.15) is 5.75 Å². The van der Waals surface area contributed by atoms with E-state index in [0.29, 0.717) is 39.1 Å². The summed E-state index contributed by atoms with van der Waals surface area (Å²) in [7, 11) is 0. The van der Waals surface area contributed by atoms with Gasteiger partial charge in [-0.3, -0.25) is 29.5 Å². The molecule has 0 bridgehead atoms. The number of fused-ring (bicyclic) bond motifs is 4. The summed E-state index contributed by atoms with van der Waals surface area (Å²) in [5.74, 6) is -7.87. The Morgan fingerprint density at radius 1 is 0.891 bits per heavy atom. The maximum atomic E-state index is 15.3. The van der Waals surface area contributed by atoms with Crippen LogP contribution in [0.25, 0.3) is 0 Å². The predicted octanol–water partition coefficient (Wildman–Crippen LogP) is 8.52. The molecule has 3 aromatic carbocycles. The van der Waals surface area contributed by atoms with Crippen molar-refractivity contribution in [3.05, 3.63) is 128 Å². The van der Waals surface area contributed by atoms with Gasteiger partial charge in [-0.15, -0.1) is 0 Å². The number of phenolic OH excluding ortho intramolecular Hbond substituents is 1. The average Bonchev–Trinajstić information content (AvgIpc) is 3.54. The predicted molar refractivity (Wildman–Crippen MR) is 198 cm³/mol. The van der Waals surface area contributed by atoms with Gasteiger partial charge in [-0.2, -0.15) is 18.2 Å². The second kappa shape index (κ2) is 13.4. The molecule has 2 aliphatic heterocycles. The monoisotopic (exact) mass is 808 g/mol. The van der Waals surface area contributed by atoms with E-state index in [2.05, 4.69) is 10.4 Å². The van der Waals surface area contributed by atoms with Crippen molar-refractivity contribution in [2.45, 2.75) is 43.7 Å². The van der Waals surface area contributed by atoms with E-state index < -0.39 is 69.5 Å². The smallest absolute Gasteiger partial charge is 0.417 e. The third-order valence-corrected chi connectivity index (χ3v) is 12.2. The molecule has 1 aromatic heterocycles. The number of aromatic hydroxyl groups is 1. The highest BCUT2D eigenvalue weighted by atomic mass is 35.5. The van der Waals surface area contributed by atoms with E-state index in [9.17, 15) is 32.7 Å². The molecule has 8 rings (SSSR count). The van der Waals surface area contributed by atoms with Crippen LogP contribution in [0, 0.1) is 23.7 Å². The maximum Gasteiger partial charge on any atom is 0.417 e. The Kier molecular flexibility index (Phi) is 9.01. The first-order valence-electron chi connectivity index (χ1n) is 17.5. The standard InChI is InChI=1S/C40H30Cl3F3N4O5/c1-2-19-3-10-24(11-4-19)49-35(52)26-13-12-25-27(32(26)37(49)54)17-29-36(53)50(48-34-30(43)15-21(18-47-34)40(44,45)46)38(55)39(29,20-5-7-22(41)8-6-20)33(25)28-16-23(42)9-14-31(28)51/h3-12,14-16,18,26-27,29,32-33,51H,2,13,17H2,1H3,(H,47,48)/t26-,27+,29-,32-,33+,39+/m0/s1. The van der Waals surface area contributed by atoms with Gasteiger partial charge in [-0.1, -0.05) is 77.6 Å². The lowest BCUT2D eigenvalue weighted by Gasteiger charge is -2.50. The van der Waals surface area contributed by atoms with E-state index in [0.717, 1.165) is 12.0 Å². The van der Waals surface area contributed by atoms with Gasteiger partial charge >= 0.3 is 6.18 Å². The number of rotatable bonds is 6. The second-order valence-electron chi connectivity index (χ2n) is 14.2. The highest BCUT2D eigenvalue weighted by Gasteiger charge is 2.70. The number of hydrogen-bond donors (Lipinski definition) is 2. The number of hydrazine groups is 1. The van der Waals surface area contributed by atoms with Crippen LogP contribution in [0.4, 0.5) is 24.7 Å². The molecule has 15 heteroatoms. The fourth-order valence-electron chi connectivity index (χ4n) is 9.02. The number of amides is 4. The van der Waals surface area contributed by atoms with Crippen molar-refractivity contribution in [1.29, 1.82) is 0 Å². The zero-order chi connectivity index (χ0) is 39.1. The normalized spacial score (nSPS) is 26.2. The summed E-state index contributed by atoms with van der Waals surface area (Å²) in [4.78, 5) is 63.6. The van der Waals surface area contributed by atoms with Crippen LogP contribution in [0.15, 0.2) is 90.6 Å². The first-order valence-corrected chi connectivity index (χ1v) is 18.6. The van der Waals surface area contributed by atoms with Crippen molar-refractivity contribution in [2.75, 3.05) is 10.3 Å². The lowest BCUT2D eigenvalue weighted by atomic mass is 9.49. The van der Waals surface area contributed by atoms with E-state index in [1.807, 2.05) is 25.1 Å². The average molecular weight is 810 g/mol. The first-order chi connectivity index (χ1) is 26.2. The molecule has 2 N–H and O–H groups in total. The van der Waals surface area contributed by atoms with Gasteiger partial charge in [0.05, 0.1) is 39.4 Å². The lowest BCUT2D eigenvalue weighted by molar-refractivity contribution is -0.139. The van der Waals surface area contributed by atoms with Gasteiger partial charge in [0.15, 0.2) is 5.82 Å². The molecule has 4 amide bonds. The van der Waals surface area contributed by atoms with Gasteiger partial charge in [0, 0.05) is 27.7 Å². The van der Waals surface area contributed by atoms with Crippen molar-refractivity contribution < 1.29 is 37.5 Å². The number of halogens is 6. The summed E-state index contributed by atoms with van der Waals surface area (Å²) in [6.45, 7) is 1.99. The Morgan fingerprint density at radius 3 is 2.24 bits per heavy atom. The molecular formula is C40H30Cl3F3N4O5. The lowest BCUT2D eigenvalue weighted by Crippen LogP contribution is -2.53. The number of nitrogens with zero attached hydrogens (tertiary/aromatic N) is 3. The van der Waals surface area contributed by atoms with Gasteiger partial charge in [0.2, 0.25) is 11.8 Å². The van der Waals surface area contributed by atoms with Crippen LogP contribution in [0.5, 0.6) is 5.75 Å². The summed E-state index contributed by atoms with van der Waals surface area (Å²) in [6.07, 6.45) is -1.59. The molecule has 2 saturated heterocycles. The molecular weight excluding hydrogens is 780 g/mol. The number of alkyl halides is 3. The van der Waals surface area contributed by atoms with Gasteiger partial charge < -0.3 is 5.11 Å². The third kappa shape index (κ3) is 5.71. The van der Waals surface area contributed by atoms with Crippen molar-refractivity contribution in [3.8, 4) is 5.75 Å². The summed E-state index contributed by atoms with van der Waals surface area (Å²) in [5.41, 5.74) is 2.16. The highest BCUT2D eigenvalue weighted by Crippen LogP contribution is 2.65. The Morgan fingerprint density at radius 2 is 1.58 bits per heavy atom. The van der Waals surface area contributed by atoms with Crippen molar-refractivity contribution in [1.82, 2.24) is 9.99 Å². The molecule has 4 aromatic rings. The summed E-state index contributed by atoms with van der Waals surface area (Å²) >= 11 is 19.1. The van der Waals surface area contributed by atoms with E-state index in [-0.39, 0.29) is 40.9 Å². The molecule has 1 saturated carbocycles. The summed E-state index contributed by atoms with van der Waals surface area (Å²) < 4.78 is 40.4. The van der Waals surface area contributed by atoms with E-state index in [4.69, 9.17) is 34.8 Å². The molecule has 6 atom stereocenters. The number of pyridine rings is 1. The molecule has 2 aliphatic carbocycles. The summed E-state index contributed by atoms with van der Waals surface area (Å²) in [5, 5.41) is 12.3. The minimum absolute atomic E-state index is 0.0774. The molecule has 4 aliphatic rings. The Hall–Kier alpha value is -4.91. The molecule has 3 fully saturated rings. The number of anilines is 2. The SMILES string of the molecule is CCc1ccc(N2C(=O)[C@H]3[C@H](CC=C4[C@H]3C[C@H]3C(=O)N(Nc5ncc(C(F)(F)F)cc5Cl)C(=O)[C@@]3(c3ccc(Cl)cc3)[C@H]4c3cc(Cl)ccc3O)C2=O)cc1. The van der Waals surface area contributed by atoms with E-state index in [1.54, 1.807) is 36.4 Å². The molecule has 0 spiro atoms. The number of hydrogen-bond acceptors (Lipinski definition) is 7. The van der Waals surface area contributed by atoms with E-state index >= 15 is 4.79 Å². The number of aromatic nitrogens is 1. The zero-order valence-electron chi connectivity index (χ0n) is 28.8. The fraction of sp³-hybridized carbons (Fsp3) is 0.275. The number of carbonyl (C=O) groups excluding carboxylic acids is 4. The minimum atomic E-state index is -4.76. The van der Waals surface area contributed by atoms with Crippen LogP contribution < -0.4 is 10.3 Å². The van der Waals surface area contributed by atoms with Crippen LogP contribution in [-0.2, 0) is 37.2 Å². The fourth-order valence-corrected chi connectivity index (χ4v) is 9.53. The van der Waals surface area contributed by atoms with Gasteiger partial charge in [-0.25, -0.2) is 4.98 Å². The summed E-state index contributed by atoms with van der Waals surface area (Å²) in [6, 6.07) is 18.4. The van der Waals surface area contributed by atoms with Gasteiger partial charge in [0.25, 0.3) is 11.8 Å². The largest absolute Gasteiger partial charge is 0.508 e. The van der Waals surface area contributed by atoms with Crippen molar-refractivity contribution in [2.24, 2.45) is 23.7 Å². The molecule has 55 heavy (non-hydrogen) atoms. The number of aryl methyl sites for hydroxylation is 1. The van der Waals surface area contributed by atoms with Crippen LogP contribution in [0.3, 0.4) is 0 Å². The number of imide groups is 2. The van der Waals surface area contributed by atoms with E-state index in [1.165, 1.54) is 23.1 Å². The molecule has 282 valence electrons. The Labute approximate surface area is 327 Å². The second-order valence-corrected chi connectivity index (χ2v) is 15.4. The Balaban J connectivity index is 1.31. The number of nitrogens with one attached hydrogen (secondary N) is 1. The van der Waals surface area contributed by atoms with Crippen molar-refractivity contribution >= 4 is 69.9 Å². The number of allylic oxidation sites excluding steroid dienone is 2. The van der Waals surface area contributed by atoms with Crippen LogP contribution in [0.1, 0.15) is 47.9 Å². The Bertz CT molecular complexity index is 2320. The molecule has 0 radical (unpaired) electrons. The van der Waals surface area contributed by atoms with Crippen LogP contribution in [0.2, 0.25) is 15.1 Å². The number of phenols is 1. The molecule has 9 nitrogen and oxygen atoms in total. The molecule has 3 heterocycles. The topological polar surface area (TPSA) is 120 Å². The maximum absolute atomic E-state index is 15.3. The van der Waals surface area contributed by atoms with Gasteiger partial charge in [-0.05, 0) is 84.8 Å². The third-order valence-electron chi connectivity index (χ3n) is 11.5. The quantitative estimate of drug-likeness (QED) is 0.148. The first kappa shape index (κ1) is 37.0. The zero-order valence-corrected chi connectivity index (χ0v) is 31.0.